The van der Waals surface area contributed by atoms with Crippen molar-refractivity contribution in [3.63, 3.8) is 0 Å². The molecule has 0 amide bonds. The largest absolute Gasteiger partial charge is 0.328 e. The van der Waals surface area contributed by atoms with Crippen LogP contribution in [0, 0.1) is 5.92 Å². The number of hydrogen-bond donors (Lipinski definition) is 1. The van der Waals surface area contributed by atoms with Crippen molar-refractivity contribution in [1.82, 2.24) is 4.90 Å². The normalized spacial score (nSPS) is 21.4. The first-order valence-corrected chi connectivity index (χ1v) is 8.52. The molecule has 1 heterocycles. The third-order valence-electron chi connectivity index (χ3n) is 3.81. The third-order valence-corrected chi connectivity index (χ3v) is 4.94. The number of sulfone groups is 1. The number of hydrogen-bond acceptors (Lipinski definition) is 4. The van der Waals surface area contributed by atoms with Crippen LogP contribution in [0.2, 0.25) is 0 Å². The van der Waals surface area contributed by atoms with Crippen LogP contribution in [0.25, 0.3) is 0 Å². The smallest absolute Gasteiger partial charge is 0.175 e. The summed E-state index contributed by atoms with van der Waals surface area (Å²) in [5.41, 5.74) is 7.08. The molecular formula is C14H23ClN2O2S. The van der Waals surface area contributed by atoms with E-state index in [1.807, 2.05) is 12.1 Å². The Morgan fingerprint density at radius 2 is 1.95 bits per heavy atom. The number of nitrogens with zero attached hydrogens (tertiary/aromatic N) is 1. The van der Waals surface area contributed by atoms with Crippen molar-refractivity contribution in [2.45, 2.75) is 30.8 Å². The van der Waals surface area contributed by atoms with Gasteiger partial charge in [-0.1, -0.05) is 12.1 Å². The number of nitrogens with two attached hydrogens (primary N) is 1. The zero-order valence-electron chi connectivity index (χ0n) is 12.0. The van der Waals surface area contributed by atoms with E-state index >= 15 is 0 Å². The molecule has 2 rings (SSSR count). The van der Waals surface area contributed by atoms with E-state index in [1.54, 1.807) is 12.1 Å². The van der Waals surface area contributed by atoms with Gasteiger partial charge in [-0.2, -0.15) is 0 Å². The van der Waals surface area contributed by atoms with Gasteiger partial charge in [-0.3, -0.25) is 4.90 Å². The summed E-state index contributed by atoms with van der Waals surface area (Å²) in [4.78, 5) is 2.76. The number of likely N-dealkylation sites (tertiary alicyclic amines) is 1. The summed E-state index contributed by atoms with van der Waals surface area (Å²) in [5, 5.41) is 0. The number of benzene rings is 1. The van der Waals surface area contributed by atoms with E-state index in [-0.39, 0.29) is 18.4 Å². The summed E-state index contributed by atoms with van der Waals surface area (Å²) in [6.45, 7) is 5.04. The Kier molecular flexibility index (Phi) is 6.01. The highest BCUT2D eigenvalue weighted by Gasteiger charge is 2.24. The lowest BCUT2D eigenvalue weighted by atomic mass is 10.0. The van der Waals surface area contributed by atoms with E-state index in [1.165, 1.54) is 6.26 Å². The monoisotopic (exact) mass is 318 g/mol. The molecule has 2 unspecified atom stereocenters. The minimum absolute atomic E-state index is 0. The van der Waals surface area contributed by atoms with Crippen LogP contribution >= 0.6 is 12.4 Å². The molecule has 2 N–H and O–H groups in total. The topological polar surface area (TPSA) is 63.4 Å². The Morgan fingerprint density at radius 1 is 1.35 bits per heavy atom. The predicted octanol–water partition coefficient (Wildman–Crippen LogP) is 1.68. The van der Waals surface area contributed by atoms with Gasteiger partial charge in [0.1, 0.15) is 0 Å². The van der Waals surface area contributed by atoms with E-state index < -0.39 is 9.84 Å². The summed E-state index contributed by atoms with van der Waals surface area (Å²) in [7, 11) is -3.10. The van der Waals surface area contributed by atoms with Gasteiger partial charge < -0.3 is 5.73 Å². The van der Waals surface area contributed by atoms with Gasteiger partial charge in [-0.15, -0.1) is 12.4 Å². The molecule has 0 aliphatic carbocycles. The molecule has 1 aliphatic heterocycles. The maximum Gasteiger partial charge on any atom is 0.175 e. The van der Waals surface area contributed by atoms with Crippen LogP contribution in [0.15, 0.2) is 29.2 Å². The van der Waals surface area contributed by atoms with Gasteiger partial charge in [-0.05, 0) is 43.5 Å². The fourth-order valence-corrected chi connectivity index (χ4v) is 3.17. The highest BCUT2D eigenvalue weighted by Crippen LogP contribution is 2.21. The van der Waals surface area contributed by atoms with Crippen LogP contribution < -0.4 is 5.73 Å². The molecule has 0 radical (unpaired) electrons. The zero-order valence-corrected chi connectivity index (χ0v) is 13.6. The summed E-state index contributed by atoms with van der Waals surface area (Å²) in [5.74, 6) is 0.579. The molecule has 114 valence electrons. The van der Waals surface area contributed by atoms with E-state index in [2.05, 4.69) is 11.8 Å². The molecule has 1 saturated heterocycles. The van der Waals surface area contributed by atoms with E-state index in [4.69, 9.17) is 5.73 Å². The van der Waals surface area contributed by atoms with E-state index in [9.17, 15) is 8.42 Å². The Morgan fingerprint density at radius 3 is 2.40 bits per heavy atom. The maximum absolute atomic E-state index is 11.4. The zero-order chi connectivity index (χ0) is 14.0. The highest BCUT2D eigenvalue weighted by atomic mass is 35.5. The first-order chi connectivity index (χ1) is 8.86. The van der Waals surface area contributed by atoms with E-state index in [0.29, 0.717) is 10.8 Å². The van der Waals surface area contributed by atoms with Crippen molar-refractivity contribution >= 4 is 22.2 Å². The van der Waals surface area contributed by atoms with Crippen molar-refractivity contribution in [2.75, 3.05) is 19.3 Å². The molecule has 20 heavy (non-hydrogen) atoms. The molecule has 0 bridgehead atoms. The molecule has 4 nitrogen and oxygen atoms in total. The number of halogens is 1. The predicted molar refractivity (Wildman–Crippen MR) is 83.8 cm³/mol. The quantitative estimate of drug-likeness (QED) is 0.917. The van der Waals surface area contributed by atoms with Gasteiger partial charge >= 0.3 is 0 Å². The van der Waals surface area contributed by atoms with Crippen LogP contribution in [0.5, 0.6) is 0 Å². The Labute approximate surface area is 127 Å². The molecule has 1 aromatic carbocycles. The summed E-state index contributed by atoms with van der Waals surface area (Å²) >= 11 is 0. The van der Waals surface area contributed by atoms with Crippen molar-refractivity contribution < 1.29 is 8.42 Å². The molecular weight excluding hydrogens is 296 g/mol. The Bertz CT molecular complexity index is 529. The first kappa shape index (κ1) is 17.4. The van der Waals surface area contributed by atoms with Gasteiger partial charge in [0.05, 0.1) is 4.90 Å². The molecule has 1 fully saturated rings. The lowest BCUT2D eigenvalue weighted by molar-refractivity contribution is 0.308. The lowest BCUT2D eigenvalue weighted by Crippen LogP contribution is -2.29. The summed E-state index contributed by atoms with van der Waals surface area (Å²) in [6.07, 6.45) is 2.38. The first-order valence-electron chi connectivity index (χ1n) is 6.63. The SMILES string of the molecule is CC(N)C1CCN(Cc2ccc(S(C)(=O)=O)cc2)C1.Cl. The van der Waals surface area contributed by atoms with Crippen LogP contribution in [-0.4, -0.2) is 38.7 Å². The van der Waals surface area contributed by atoms with Crippen molar-refractivity contribution in [2.24, 2.45) is 11.7 Å². The van der Waals surface area contributed by atoms with Crippen molar-refractivity contribution in [1.29, 1.82) is 0 Å². The van der Waals surface area contributed by atoms with Crippen LogP contribution in [0.3, 0.4) is 0 Å². The standard InChI is InChI=1S/C14H22N2O2S.ClH/c1-11(15)13-7-8-16(10-13)9-12-3-5-14(6-4-12)19(2,17)18;/h3-6,11,13H,7-10,15H2,1-2H3;1H. The molecule has 2 atom stereocenters. The molecule has 6 heteroatoms. The summed E-state index contributed by atoms with van der Waals surface area (Å²) < 4.78 is 22.8. The molecule has 1 aliphatic rings. The number of rotatable bonds is 4. The average Bonchev–Trinajstić information content (AvgIpc) is 2.77. The second-order valence-electron chi connectivity index (χ2n) is 5.56. The molecule has 1 aromatic rings. The van der Waals surface area contributed by atoms with Crippen LogP contribution in [0.4, 0.5) is 0 Å². The minimum Gasteiger partial charge on any atom is -0.328 e. The Hall–Kier alpha value is -0.620. The Balaban J connectivity index is 0.00000200. The fraction of sp³-hybridized carbons (Fsp3) is 0.571. The molecule has 0 saturated carbocycles. The maximum atomic E-state index is 11.4. The van der Waals surface area contributed by atoms with Crippen LogP contribution in [0.1, 0.15) is 18.9 Å². The second kappa shape index (κ2) is 6.89. The van der Waals surface area contributed by atoms with Gasteiger partial charge in [0.15, 0.2) is 9.84 Å². The van der Waals surface area contributed by atoms with Gasteiger partial charge in [0.25, 0.3) is 0 Å². The lowest BCUT2D eigenvalue weighted by Gasteiger charge is -2.17. The van der Waals surface area contributed by atoms with Crippen molar-refractivity contribution in [3.8, 4) is 0 Å². The highest BCUT2D eigenvalue weighted by molar-refractivity contribution is 7.90. The second-order valence-corrected chi connectivity index (χ2v) is 7.57. The minimum atomic E-state index is -3.10. The van der Waals surface area contributed by atoms with Gasteiger partial charge in [-0.25, -0.2) is 8.42 Å². The summed E-state index contributed by atoms with van der Waals surface area (Å²) in [6, 6.07) is 7.41. The van der Waals surface area contributed by atoms with Crippen molar-refractivity contribution in [3.05, 3.63) is 29.8 Å². The van der Waals surface area contributed by atoms with E-state index in [0.717, 1.165) is 31.6 Å². The average molecular weight is 319 g/mol. The van der Waals surface area contributed by atoms with Crippen LogP contribution in [-0.2, 0) is 16.4 Å². The fourth-order valence-electron chi connectivity index (χ4n) is 2.54. The van der Waals surface area contributed by atoms with Gasteiger partial charge in [0, 0.05) is 25.4 Å². The van der Waals surface area contributed by atoms with Gasteiger partial charge in [0.2, 0.25) is 0 Å². The molecule has 0 spiro atoms. The third kappa shape index (κ3) is 4.45. The molecule has 0 aromatic heterocycles.